The first kappa shape index (κ1) is 15.2. The van der Waals surface area contributed by atoms with Gasteiger partial charge in [0.15, 0.2) is 5.76 Å². The van der Waals surface area contributed by atoms with Gasteiger partial charge < -0.3 is 14.2 Å². The maximum Gasteiger partial charge on any atom is 0.377 e. The third-order valence-electron chi connectivity index (χ3n) is 1.65. The monoisotopic (exact) mass is 242 g/mol. The lowest BCUT2D eigenvalue weighted by Crippen LogP contribution is -2.15. The van der Waals surface area contributed by atoms with Gasteiger partial charge >= 0.3 is 11.9 Å². The summed E-state index contributed by atoms with van der Waals surface area (Å²) in [5, 5.41) is 0. The van der Waals surface area contributed by atoms with E-state index in [0.29, 0.717) is 6.42 Å². The van der Waals surface area contributed by atoms with Crippen LogP contribution in [0.1, 0.15) is 27.2 Å². The Bertz CT molecular complexity index is 317. The molecule has 0 spiro atoms. The molecular weight excluding hydrogens is 224 g/mol. The van der Waals surface area contributed by atoms with Gasteiger partial charge in [-0.05, 0) is 6.92 Å². The average Bonchev–Trinajstić information content (AvgIpc) is 2.27. The second kappa shape index (κ2) is 8.38. The van der Waals surface area contributed by atoms with Gasteiger partial charge in [0.1, 0.15) is 6.61 Å². The standard InChI is InChI=1S/C12H18O5/c1-5-8-16-11(12(14)15-7-3)10(6-2)17-9(4)13/h5H,1,6-8H2,2-4H3/b11-10+. The average molecular weight is 242 g/mol. The van der Waals surface area contributed by atoms with E-state index < -0.39 is 11.9 Å². The molecule has 0 bridgehead atoms. The molecule has 0 aliphatic carbocycles. The van der Waals surface area contributed by atoms with Crippen LogP contribution in [-0.2, 0) is 23.8 Å². The summed E-state index contributed by atoms with van der Waals surface area (Å²) in [5.74, 6) is -1.07. The van der Waals surface area contributed by atoms with Crippen molar-refractivity contribution in [2.45, 2.75) is 27.2 Å². The van der Waals surface area contributed by atoms with Crippen LogP contribution in [0, 0.1) is 0 Å². The van der Waals surface area contributed by atoms with Crippen LogP contribution in [0.5, 0.6) is 0 Å². The Labute approximate surface area is 101 Å². The van der Waals surface area contributed by atoms with Crippen LogP contribution in [0.3, 0.4) is 0 Å². The van der Waals surface area contributed by atoms with Gasteiger partial charge in [-0.1, -0.05) is 19.6 Å². The molecule has 0 radical (unpaired) electrons. The number of carbonyl (C=O) groups excluding carboxylic acids is 2. The number of carbonyl (C=O) groups is 2. The van der Waals surface area contributed by atoms with Crippen LogP contribution in [0.4, 0.5) is 0 Å². The molecule has 0 N–H and O–H groups in total. The van der Waals surface area contributed by atoms with E-state index in [1.54, 1.807) is 13.8 Å². The maximum absolute atomic E-state index is 11.6. The van der Waals surface area contributed by atoms with Crippen molar-refractivity contribution in [2.24, 2.45) is 0 Å². The molecule has 0 amide bonds. The molecule has 17 heavy (non-hydrogen) atoms. The van der Waals surface area contributed by atoms with Gasteiger partial charge in [-0.2, -0.15) is 0 Å². The van der Waals surface area contributed by atoms with E-state index in [1.165, 1.54) is 13.0 Å². The Morgan fingerprint density at radius 1 is 1.24 bits per heavy atom. The van der Waals surface area contributed by atoms with E-state index in [1.807, 2.05) is 0 Å². The SMILES string of the molecule is C=CCO/C(C(=O)OCC)=C(\CC)OC(C)=O. The van der Waals surface area contributed by atoms with Gasteiger partial charge in [0, 0.05) is 13.3 Å². The molecule has 0 saturated heterocycles. The van der Waals surface area contributed by atoms with Crippen molar-refractivity contribution in [3.63, 3.8) is 0 Å². The van der Waals surface area contributed by atoms with E-state index in [4.69, 9.17) is 14.2 Å². The summed E-state index contributed by atoms with van der Waals surface area (Å²) >= 11 is 0. The maximum atomic E-state index is 11.6. The molecule has 0 aromatic heterocycles. The second-order valence-corrected chi connectivity index (χ2v) is 3.02. The molecule has 5 heteroatoms. The highest BCUT2D eigenvalue weighted by Gasteiger charge is 2.20. The molecule has 0 aliphatic rings. The summed E-state index contributed by atoms with van der Waals surface area (Å²) < 4.78 is 14.9. The first-order valence-electron chi connectivity index (χ1n) is 5.39. The van der Waals surface area contributed by atoms with Crippen LogP contribution in [0.25, 0.3) is 0 Å². The Kier molecular flexibility index (Phi) is 7.50. The predicted octanol–water partition coefficient (Wildman–Crippen LogP) is 1.94. The number of hydrogen-bond donors (Lipinski definition) is 0. The van der Waals surface area contributed by atoms with Crippen LogP contribution in [0.2, 0.25) is 0 Å². The molecule has 0 rings (SSSR count). The van der Waals surface area contributed by atoms with Crippen molar-refractivity contribution >= 4 is 11.9 Å². The topological polar surface area (TPSA) is 61.8 Å². The zero-order chi connectivity index (χ0) is 13.3. The summed E-state index contributed by atoms with van der Waals surface area (Å²) in [6.45, 7) is 8.52. The minimum Gasteiger partial charge on any atom is -0.480 e. The first-order valence-corrected chi connectivity index (χ1v) is 5.39. The minimum absolute atomic E-state index is 0.0792. The Morgan fingerprint density at radius 2 is 1.88 bits per heavy atom. The summed E-state index contributed by atoms with van der Waals surface area (Å²) in [4.78, 5) is 22.5. The Balaban J connectivity index is 5.04. The lowest BCUT2D eigenvalue weighted by Gasteiger charge is -2.12. The molecule has 0 saturated carbocycles. The predicted molar refractivity (Wildman–Crippen MR) is 61.9 cm³/mol. The molecule has 0 aromatic rings. The molecule has 0 unspecified atom stereocenters. The van der Waals surface area contributed by atoms with Crippen LogP contribution in [0.15, 0.2) is 24.2 Å². The summed E-state index contributed by atoms with van der Waals surface area (Å²) in [7, 11) is 0. The van der Waals surface area contributed by atoms with Crippen molar-refractivity contribution in [1.82, 2.24) is 0 Å². The number of rotatable bonds is 7. The van der Waals surface area contributed by atoms with E-state index in [2.05, 4.69) is 6.58 Å². The lowest BCUT2D eigenvalue weighted by molar-refractivity contribution is -0.144. The quantitative estimate of drug-likeness (QED) is 0.295. The van der Waals surface area contributed by atoms with Gasteiger partial charge in [-0.15, -0.1) is 0 Å². The first-order chi connectivity index (χ1) is 8.06. The molecule has 0 fully saturated rings. The van der Waals surface area contributed by atoms with Gasteiger partial charge in [-0.3, -0.25) is 4.79 Å². The van der Waals surface area contributed by atoms with Crippen molar-refractivity contribution in [3.8, 4) is 0 Å². The molecule has 5 nitrogen and oxygen atoms in total. The smallest absolute Gasteiger partial charge is 0.377 e. The zero-order valence-electron chi connectivity index (χ0n) is 10.4. The van der Waals surface area contributed by atoms with Crippen LogP contribution < -0.4 is 0 Å². The van der Waals surface area contributed by atoms with Crippen molar-refractivity contribution in [1.29, 1.82) is 0 Å². The summed E-state index contributed by atoms with van der Waals surface area (Å²) in [6, 6.07) is 0. The lowest BCUT2D eigenvalue weighted by atomic mass is 10.3. The van der Waals surface area contributed by atoms with Crippen LogP contribution >= 0.6 is 0 Å². The van der Waals surface area contributed by atoms with Crippen LogP contribution in [-0.4, -0.2) is 25.2 Å². The number of esters is 2. The Morgan fingerprint density at radius 3 is 2.29 bits per heavy atom. The van der Waals surface area contributed by atoms with Gasteiger partial charge in [-0.25, -0.2) is 4.79 Å². The molecule has 0 atom stereocenters. The van der Waals surface area contributed by atoms with E-state index in [9.17, 15) is 9.59 Å². The van der Waals surface area contributed by atoms with Crippen molar-refractivity contribution < 1.29 is 23.8 Å². The minimum atomic E-state index is -0.646. The number of ether oxygens (including phenoxy) is 3. The summed E-state index contributed by atoms with van der Waals surface area (Å²) in [5.41, 5.74) is 0. The van der Waals surface area contributed by atoms with Gasteiger partial charge in [0.2, 0.25) is 5.76 Å². The zero-order valence-corrected chi connectivity index (χ0v) is 10.4. The molecule has 96 valence electrons. The molecule has 0 heterocycles. The highest BCUT2D eigenvalue weighted by molar-refractivity contribution is 5.87. The third kappa shape index (κ3) is 5.75. The normalized spacial score (nSPS) is 11.2. The van der Waals surface area contributed by atoms with E-state index in [0.717, 1.165) is 0 Å². The van der Waals surface area contributed by atoms with Gasteiger partial charge in [0.05, 0.1) is 6.61 Å². The summed E-state index contributed by atoms with van der Waals surface area (Å²) in [6.07, 6.45) is 1.84. The van der Waals surface area contributed by atoms with Crippen molar-refractivity contribution in [2.75, 3.05) is 13.2 Å². The number of allylic oxidation sites excluding steroid dienone is 1. The fourth-order valence-corrected chi connectivity index (χ4v) is 1.04. The van der Waals surface area contributed by atoms with Crippen molar-refractivity contribution in [3.05, 3.63) is 24.2 Å². The molecule has 0 aromatic carbocycles. The van der Waals surface area contributed by atoms with Gasteiger partial charge in [0.25, 0.3) is 0 Å². The third-order valence-corrected chi connectivity index (χ3v) is 1.65. The Hall–Kier alpha value is -1.78. The largest absolute Gasteiger partial charge is 0.480 e. The van der Waals surface area contributed by atoms with E-state index in [-0.39, 0.29) is 24.7 Å². The highest BCUT2D eigenvalue weighted by Crippen LogP contribution is 2.14. The highest BCUT2D eigenvalue weighted by atomic mass is 16.6. The molecule has 0 aliphatic heterocycles. The fraction of sp³-hybridized carbons (Fsp3) is 0.500. The fourth-order valence-electron chi connectivity index (χ4n) is 1.04. The number of hydrogen-bond acceptors (Lipinski definition) is 5. The second-order valence-electron chi connectivity index (χ2n) is 3.02. The van der Waals surface area contributed by atoms with E-state index >= 15 is 0 Å². The molecular formula is C12H18O5.